The highest BCUT2D eigenvalue weighted by Crippen LogP contribution is 2.36. The quantitative estimate of drug-likeness (QED) is 0.887. The SMILES string of the molecule is CC1(C)CCCCC1NS(=O)(=O)c1ccnc(N)c1. The Morgan fingerprint density at radius 2 is 2.16 bits per heavy atom. The lowest BCUT2D eigenvalue weighted by atomic mass is 9.74. The van der Waals surface area contributed by atoms with Crippen LogP contribution in [0.3, 0.4) is 0 Å². The number of aromatic nitrogens is 1. The van der Waals surface area contributed by atoms with Crippen LogP contribution < -0.4 is 10.5 Å². The van der Waals surface area contributed by atoms with Gasteiger partial charge < -0.3 is 5.73 Å². The van der Waals surface area contributed by atoms with Gasteiger partial charge in [-0.05, 0) is 24.3 Å². The Morgan fingerprint density at radius 3 is 2.79 bits per heavy atom. The van der Waals surface area contributed by atoms with Gasteiger partial charge in [0.15, 0.2) is 0 Å². The van der Waals surface area contributed by atoms with Crippen LogP contribution in [0.15, 0.2) is 23.2 Å². The van der Waals surface area contributed by atoms with E-state index in [1.807, 2.05) is 0 Å². The Kier molecular flexibility index (Phi) is 3.82. The molecule has 0 saturated heterocycles. The molecule has 3 N–H and O–H groups in total. The Labute approximate surface area is 114 Å². The van der Waals surface area contributed by atoms with Gasteiger partial charge in [-0.15, -0.1) is 0 Å². The van der Waals surface area contributed by atoms with Crippen molar-refractivity contribution < 1.29 is 8.42 Å². The molecule has 1 fully saturated rings. The lowest BCUT2D eigenvalue weighted by molar-refractivity contribution is 0.188. The predicted molar refractivity (Wildman–Crippen MR) is 75.0 cm³/mol. The molecule has 1 aromatic heterocycles. The van der Waals surface area contributed by atoms with Gasteiger partial charge in [-0.2, -0.15) is 0 Å². The summed E-state index contributed by atoms with van der Waals surface area (Å²) < 4.78 is 27.5. The first-order valence-corrected chi connectivity index (χ1v) is 8.03. The van der Waals surface area contributed by atoms with Gasteiger partial charge in [0.05, 0.1) is 4.90 Å². The van der Waals surface area contributed by atoms with Crippen molar-refractivity contribution in [1.29, 1.82) is 0 Å². The number of nitrogens with zero attached hydrogens (tertiary/aromatic N) is 1. The summed E-state index contributed by atoms with van der Waals surface area (Å²) in [5.74, 6) is 0.214. The number of rotatable bonds is 3. The summed E-state index contributed by atoms with van der Waals surface area (Å²) in [7, 11) is -3.52. The van der Waals surface area contributed by atoms with E-state index in [0.29, 0.717) is 0 Å². The number of pyridine rings is 1. The zero-order valence-electron chi connectivity index (χ0n) is 11.4. The third-order valence-electron chi connectivity index (χ3n) is 3.87. The first-order chi connectivity index (χ1) is 8.81. The van der Waals surface area contributed by atoms with E-state index in [-0.39, 0.29) is 22.2 Å². The number of nitrogen functional groups attached to an aromatic ring is 1. The zero-order chi connectivity index (χ0) is 14.1. The van der Waals surface area contributed by atoms with Crippen LogP contribution in [0.1, 0.15) is 39.5 Å². The molecule has 1 atom stereocenters. The number of anilines is 1. The maximum absolute atomic E-state index is 12.3. The largest absolute Gasteiger partial charge is 0.384 e. The number of sulfonamides is 1. The van der Waals surface area contributed by atoms with Gasteiger partial charge in [0.1, 0.15) is 5.82 Å². The summed E-state index contributed by atoms with van der Waals surface area (Å²) in [6, 6.07) is 2.83. The predicted octanol–water partition coefficient (Wildman–Crippen LogP) is 1.91. The van der Waals surface area contributed by atoms with Gasteiger partial charge in [0, 0.05) is 18.3 Å². The molecule has 5 nitrogen and oxygen atoms in total. The average molecular weight is 283 g/mol. The van der Waals surface area contributed by atoms with E-state index in [1.54, 1.807) is 0 Å². The molecule has 6 heteroatoms. The Bertz CT molecular complexity index is 555. The molecule has 0 aromatic carbocycles. The van der Waals surface area contributed by atoms with Crippen molar-refractivity contribution in [2.75, 3.05) is 5.73 Å². The van der Waals surface area contributed by atoms with Gasteiger partial charge in [-0.3, -0.25) is 0 Å². The number of hydrogen-bond donors (Lipinski definition) is 2. The highest BCUT2D eigenvalue weighted by molar-refractivity contribution is 7.89. The van der Waals surface area contributed by atoms with Crippen molar-refractivity contribution in [1.82, 2.24) is 9.71 Å². The van der Waals surface area contributed by atoms with Gasteiger partial charge in [0.25, 0.3) is 0 Å². The van der Waals surface area contributed by atoms with E-state index in [9.17, 15) is 8.42 Å². The molecule has 1 unspecified atom stereocenters. The smallest absolute Gasteiger partial charge is 0.241 e. The van der Waals surface area contributed by atoms with E-state index in [1.165, 1.54) is 18.3 Å². The molecule has 1 aliphatic carbocycles. The summed E-state index contributed by atoms with van der Waals surface area (Å²) >= 11 is 0. The van der Waals surface area contributed by atoms with E-state index < -0.39 is 10.0 Å². The lowest BCUT2D eigenvalue weighted by Crippen LogP contribution is -2.46. The maximum Gasteiger partial charge on any atom is 0.241 e. The molecule has 1 saturated carbocycles. The highest BCUT2D eigenvalue weighted by atomic mass is 32.2. The Hall–Kier alpha value is -1.14. The average Bonchev–Trinajstić information content (AvgIpc) is 2.32. The maximum atomic E-state index is 12.3. The van der Waals surface area contributed by atoms with Crippen LogP contribution in [0, 0.1) is 5.41 Å². The Morgan fingerprint density at radius 1 is 1.42 bits per heavy atom. The normalized spacial score (nSPS) is 23.2. The second kappa shape index (κ2) is 5.09. The highest BCUT2D eigenvalue weighted by Gasteiger charge is 2.35. The molecule has 1 heterocycles. The van der Waals surface area contributed by atoms with E-state index in [4.69, 9.17) is 5.73 Å². The minimum atomic E-state index is -3.52. The van der Waals surface area contributed by atoms with Gasteiger partial charge in [-0.25, -0.2) is 18.1 Å². The molecule has 1 aromatic rings. The molecule has 19 heavy (non-hydrogen) atoms. The summed E-state index contributed by atoms with van der Waals surface area (Å²) in [6.07, 6.45) is 5.56. The van der Waals surface area contributed by atoms with E-state index in [0.717, 1.165) is 25.7 Å². The summed E-state index contributed by atoms with van der Waals surface area (Å²) in [5, 5.41) is 0. The van der Waals surface area contributed by atoms with Crippen LogP contribution >= 0.6 is 0 Å². The molecular weight excluding hydrogens is 262 g/mol. The van der Waals surface area contributed by atoms with Crippen molar-refractivity contribution >= 4 is 15.8 Å². The first kappa shape index (κ1) is 14.3. The van der Waals surface area contributed by atoms with Crippen LogP contribution in [-0.4, -0.2) is 19.4 Å². The summed E-state index contributed by atoms with van der Waals surface area (Å²) in [6.45, 7) is 4.22. The van der Waals surface area contributed by atoms with Crippen molar-refractivity contribution in [2.24, 2.45) is 5.41 Å². The van der Waals surface area contributed by atoms with Crippen molar-refractivity contribution in [3.63, 3.8) is 0 Å². The summed E-state index contributed by atoms with van der Waals surface area (Å²) in [4.78, 5) is 4.00. The standard InChI is InChI=1S/C13H21N3O2S/c1-13(2)7-4-3-5-11(13)16-19(17,18)10-6-8-15-12(14)9-10/h6,8-9,11,16H,3-5,7H2,1-2H3,(H2,14,15). The molecule has 0 radical (unpaired) electrons. The monoisotopic (exact) mass is 283 g/mol. The van der Waals surface area contributed by atoms with Gasteiger partial charge in [0.2, 0.25) is 10.0 Å². The minimum Gasteiger partial charge on any atom is -0.384 e. The van der Waals surface area contributed by atoms with Crippen molar-refractivity contribution in [2.45, 2.75) is 50.5 Å². The molecule has 106 valence electrons. The molecule has 1 aliphatic rings. The Balaban J connectivity index is 2.22. The number of nitrogens with two attached hydrogens (primary N) is 1. The molecular formula is C13H21N3O2S. The molecule has 0 aliphatic heterocycles. The topological polar surface area (TPSA) is 85.1 Å². The fraction of sp³-hybridized carbons (Fsp3) is 0.615. The van der Waals surface area contributed by atoms with Gasteiger partial charge >= 0.3 is 0 Å². The van der Waals surface area contributed by atoms with Gasteiger partial charge in [-0.1, -0.05) is 26.7 Å². The van der Waals surface area contributed by atoms with Crippen LogP contribution in [-0.2, 0) is 10.0 Å². The third-order valence-corrected chi connectivity index (χ3v) is 5.34. The molecule has 0 bridgehead atoms. The lowest BCUT2D eigenvalue weighted by Gasteiger charge is -2.38. The zero-order valence-corrected chi connectivity index (χ0v) is 12.2. The number of hydrogen-bond acceptors (Lipinski definition) is 4. The summed E-state index contributed by atoms with van der Waals surface area (Å²) in [5.41, 5.74) is 5.53. The van der Waals surface area contributed by atoms with Crippen molar-refractivity contribution in [3.05, 3.63) is 18.3 Å². The molecule has 2 rings (SSSR count). The van der Waals surface area contributed by atoms with Crippen LogP contribution in [0.4, 0.5) is 5.82 Å². The van der Waals surface area contributed by atoms with E-state index >= 15 is 0 Å². The minimum absolute atomic E-state index is 0.0100. The third kappa shape index (κ3) is 3.25. The fourth-order valence-corrected chi connectivity index (χ4v) is 4.03. The van der Waals surface area contributed by atoms with Crippen LogP contribution in [0.5, 0.6) is 0 Å². The number of nitrogens with one attached hydrogen (secondary N) is 1. The molecule has 0 amide bonds. The van der Waals surface area contributed by atoms with Crippen LogP contribution in [0.2, 0.25) is 0 Å². The second-order valence-electron chi connectivity index (χ2n) is 5.82. The fourth-order valence-electron chi connectivity index (χ4n) is 2.56. The van der Waals surface area contributed by atoms with Crippen LogP contribution in [0.25, 0.3) is 0 Å². The first-order valence-electron chi connectivity index (χ1n) is 6.55. The van der Waals surface area contributed by atoms with Crippen molar-refractivity contribution in [3.8, 4) is 0 Å². The molecule has 0 spiro atoms. The second-order valence-corrected chi connectivity index (χ2v) is 7.54. The van der Waals surface area contributed by atoms with E-state index in [2.05, 4.69) is 23.6 Å².